The molecule has 0 aliphatic rings. The molecule has 12 heavy (non-hydrogen) atoms. The SMILES string of the molecule is COc1ccsc1-c1nnco1. The summed E-state index contributed by atoms with van der Waals surface area (Å²) in [7, 11) is 1.61. The third kappa shape index (κ3) is 1.08. The first kappa shape index (κ1) is 7.30. The highest BCUT2D eigenvalue weighted by molar-refractivity contribution is 7.13. The Morgan fingerprint density at radius 2 is 2.50 bits per heavy atom. The van der Waals surface area contributed by atoms with Crippen LogP contribution in [0.1, 0.15) is 0 Å². The molecule has 5 heteroatoms. The minimum atomic E-state index is 0.502. The molecule has 0 aromatic carbocycles. The fourth-order valence-electron chi connectivity index (χ4n) is 0.886. The molecule has 2 heterocycles. The second-order valence-corrected chi connectivity index (χ2v) is 2.98. The standard InChI is InChI=1S/C7H6N2O2S/c1-10-5-2-3-12-6(5)7-9-8-4-11-7/h2-4H,1H3. The van der Waals surface area contributed by atoms with Gasteiger partial charge >= 0.3 is 0 Å². The summed E-state index contributed by atoms with van der Waals surface area (Å²) in [6.07, 6.45) is 1.30. The van der Waals surface area contributed by atoms with Crippen molar-refractivity contribution < 1.29 is 9.15 Å². The Labute approximate surface area is 72.8 Å². The first-order valence-electron chi connectivity index (χ1n) is 3.30. The van der Waals surface area contributed by atoms with Crippen molar-refractivity contribution in [3.63, 3.8) is 0 Å². The monoisotopic (exact) mass is 182 g/mol. The lowest BCUT2D eigenvalue weighted by atomic mass is 10.4. The Balaban J connectivity index is 2.46. The summed E-state index contributed by atoms with van der Waals surface area (Å²) in [5.74, 6) is 1.27. The molecule has 0 aliphatic heterocycles. The van der Waals surface area contributed by atoms with E-state index in [4.69, 9.17) is 9.15 Å². The maximum absolute atomic E-state index is 5.09. The van der Waals surface area contributed by atoms with E-state index in [1.807, 2.05) is 11.4 Å². The van der Waals surface area contributed by atoms with E-state index in [2.05, 4.69) is 10.2 Å². The summed E-state index contributed by atoms with van der Waals surface area (Å²) in [4.78, 5) is 0.870. The molecule has 0 unspecified atom stereocenters. The van der Waals surface area contributed by atoms with Crippen molar-refractivity contribution in [2.75, 3.05) is 7.11 Å². The number of hydrogen-bond acceptors (Lipinski definition) is 5. The van der Waals surface area contributed by atoms with Crippen LogP contribution in [-0.2, 0) is 0 Å². The largest absolute Gasteiger partial charge is 0.495 e. The fraction of sp³-hybridized carbons (Fsp3) is 0.143. The van der Waals surface area contributed by atoms with Gasteiger partial charge in [-0.2, -0.15) is 0 Å². The van der Waals surface area contributed by atoms with Crippen molar-refractivity contribution in [2.45, 2.75) is 0 Å². The quantitative estimate of drug-likeness (QED) is 0.710. The molecule has 0 radical (unpaired) electrons. The van der Waals surface area contributed by atoms with Gasteiger partial charge in [-0.3, -0.25) is 0 Å². The summed E-state index contributed by atoms with van der Waals surface area (Å²) in [5, 5.41) is 9.28. The van der Waals surface area contributed by atoms with E-state index in [1.165, 1.54) is 17.7 Å². The minimum absolute atomic E-state index is 0.502. The molecule has 0 bridgehead atoms. The lowest BCUT2D eigenvalue weighted by Crippen LogP contribution is -1.82. The van der Waals surface area contributed by atoms with Gasteiger partial charge < -0.3 is 9.15 Å². The van der Waals surface area contributed by atoms with Crippen LogP contribution >= 0.6 is 11.3 Å². The van der Waals surface area contributed by atoms with E-state index < -0.39 is 0 Å². The molecule has 0 fully saturated rings. The molecule has 0 spiro atoms. The first-order valence-corrected chi connectivity index (χ1v) is 4.18. The Bertz CT molecular complexity index is 355. The lowest BCUT2D eigenvalue weighted by Gasteiger charge is -1.95. The van der Waals surface area contributed by atoms with Gasteiger partial charge in [-0.25, -0.2) is 0 Å². The zero-order valence-corrected chi connectivity index (χ0v) is 7.17. The number of thiophene rings is 1. The van der Waals surface area contributed by atoms with E-state index in [0.29, 0.717) is 5.89 Å². The molecule has 2 aromatic rings. The van der Waals surface area contributed by atoms with Crippen LogP contribution in [0.25, 0.3) is 10.8 Å². The number of rotatable bonds is 2. The summed E-state index contributed by atoms with van der Waals surface area (Å²) in [6, 6.07) is 1.87. The summed E-state index contributed by atoms with van der Waals surface area (Å²) in [6.45, 7) is 0. The smallest absolute Gasteiger partial charge is 0.261 e. The zero-order chi connectivity index (χ0) is 8.39. The molecule has 2 aromatic heterocycles. The van der Waals surface area contributed by atoms with Crippen molar-refractivity contribution in [3.05, 3.63) is 17.8 Å². The normalized spacial score (nSPS) is 10.1. The molecule has 0 atom stereocenters. The molecule has 0 amide bonds. The van der Waals surface area contributed by atoms with Gasteiger partial charge in [0.05, 0.1) is 7.11 Å². The predicted octanol–water partition coefficient (Wildman–Crippen LogP) is 1.81. The highest BCUT2D eigenvalue weighted by Gasteiger charge is 2.11. The van der Waals surface area contributed by atoms with Gasteiger partial charge in [0.25, 0.3) is 5.89 Å². The minimum Gasteiger partial charge on any atom is -0.495 e. The number of hydrogen-bond donors (Lipinski definition) is 0. The van der Waals surface area contributed by atoms with Crippen LogP contribution in [0.3, 0.4) is 0 Å². The second-order valence-electron chi connectivity index (χ2n) is 2.06. The average molecular weight is 182 g/mol. The highest BCUT2D eigenvalue weighted by atomic mass is 32.1. The zero-order valence-electron chi connectivity index (χ0n) is 6.35. The molecular formula is C7H6N2O2S. The van der Waals surface area contributed by atoms with E-state index in [9.17, 15) is 0 Å². The van der Waals surface area contributed by atoms with Crippen molar-refractivity contribution in [3.8, 4) is 16.5 Å². The molecule has 0 saturated heterocycles. The number of aromatic nitrogens is 2. The van der Waals surface area contributed by atoms with Crippen molar-refractivity contribution in [1.29, 1.82) is 0 Å². The maximum atomic E-state index is 5.09. The van der Waals surface area contributed by atoms with Gasteiger partial charge in [-0.1, -0.05) is 0 Å². The van der Waals surface area contributed by atoms with Gasteiger partial charge in [0.15, 0.2) is 0 Å². The van der Waals surface area contributed by atoms with E-state index in [0.717, 1.165) is 10.6 Å². The van der Waals surface area contributed by atoms with Crippen LogP contribution < -0.4 is 4.74 Å². The van der Waals surface area contributed by atoms with Gasteiger partial charge in [0, 0.05) is 0 Å². The van der Waals surface area contributed by atoms with Crippen LogP contribution in [-0.4, -0.2) is 17.3 Å². The first-order chi connectivity index (χ1) is 5.92. The van der Waals surface area contributed by atoms with E-state index in [-0.39, 0.29) is 0 Å². The summed E-state index contributed by atoms with van der Waals surface area (Å²) < 4.78 is 10.1. The molecular weight excluding hydrogens is 176 g/mol. The third-order valence-corrected chi connectivity index (χ3v) is 2.29. The van der Waals surface area contributed by atoms with Crippen LogP contribution in [0, 0.1) is 0 Å². The highest BCUT2D eigenvalue weighted by Crippen LogP contribution is 2.33. The summed E-state index contributed by atoms with van der Waals surface area (Å²) >= 11 is 1.51. The Morgan fingerprint density at radius 3 is 3.17 bits per heavy atom. The average Bonchev–Trinajstić information content (AvgIpc) is 2.74. The molecule has 0 aliphatic carbocycles. The predicted molar refractivity (Wildman–Crippen MR) is 44.2 cm³/mol. The van der Waals surface area contributed by atoms with Crippen LogP contribution in [0.2, 0.25) is 0 Å². The number of nitrogens with zero attached hydrogens (tertiary/aromatic N) is 2. The molecule has 62 valence electrons. The fourth-order valence-corrected chi connectivity index (χ4v) is 1.67. The van der Waals surface area contributed by atoms with Gasteiger partial charge in [-0.15, -0.1) is 21.5 Å². The van der Waals surface area contributed by atoms with Crippen LogP contribution in [0.5, 0.6) is 5.75 Å². The molecule has 2 rings (SSSR count). The van der Waals surface area contributed by atoms with Gasteiger partial charge in [-0.05, 0) is 11.4 Å². The van der Waals surface area contributed by atoms with Crippen molar-refractivity contribution in [1.82, 2.24) is 10.2 Å². The second kappa shape index (κ2) is 2.94. The van der Waals surface area contributed by atoms with Crippen LogP contribution in [0.15, 0.2) is 22.3 Å². The maximum Gasteiger partial charge on any atom is 0.261 e. The third-order valence-electron chi connectivity index (χ3n) is 1.40. The molecule has 0 saturated carbocycles. The Hall–Kier alpha value is -1.36. The Kier molecular flexibility index (Phi) is 1.79. The van der Waals surface area contributed by atoms with Crippen LogP contribution in [0.4, 0.5) is 0 Å². The summed E-state index contributed by atoms with van der Waals surface area (Å²) in [5.41, 5.74) is 0. The number of methoxy groups -OCH3 is 1. The van der Waals surface area contributed by atoms with Gasteiger partial charge in [0.1, 0.15) is 10.6 Å². The van der Waals surface area contributed by atoms with Crippen molar-refractivity contribution in [2.24, 2.45) is 0 Å². The van der Waals surface area contributed by atoms with E-state index in [1.54, 1.807) is 7.11 Å². The van der Waals surface area contributed by atoms with E-state index >= 15 is 0 Å². The van der Waals surface area contributed by atoms with Gasteiger partial charge in [0.2, 0.25) is 6.39 Å². The number of ether oxygens (including phenoxy) is 1. The topological polar surface area (TPSA) is 48.2 Å². The van der Waals surface area contributed by atoms with Crippen molar-refractivity contribution >= 4 is 11.3 Å². The molecule has 4 nitrogen and oxygen atoms in total. The molecule has 0 N–H and O–H groups in total. The lowest BCUT2D eigenvalue weighted by molar-refractivity contribution is 0.416. The Morgan fingerprint density at radius 1 is 1.58 bits per heavy atom.